The monoisotopic (exact) mass is 382 g/mol. The SMILES string of the molecule is O=C(COC(=O)CNC(=O)c1ccc(F)cc1)Nc1ccc(F)cc1Cl. The highest BCUT2D eigenvalue weighted by Crippen LogP contribution is 2.22. The Labute approximate surface area is 152 Å². The third-order valence-electron chi connectivity index (χ3n) is 3.07. The molecular formula is C17H13ClF2N2O4. The minimum absolute atomic E-state index is 0.00348. The smallest absolute Gasteiger partial charge is 0.325 e. The number of ether oxygens (including phenoxy) is 1. The number of halogens is 3. The van der Waals surface area contributed by atoms with Crippen molar-refractivity contribution in [3.05, 3.63) is 64.7 Å². The van der Waals surface area contributed by atoms with Crippen LogP contribution < -0.4 is 10.6 Å². The number of nitrogens with one attached hydrogen (secondary N) is 2. The second-order valence-electron chi connectivity index (χ2n) is 5.02. The van der Waals surface area contributed by atoms with Gasteiger partial charge in [-0.15, -0.1) is 0 Å². The van der Waals surface area contributed by atoms with Crippen LogP contribution in [0.4, 0.5) is 14.5 Å². The molecule has 2 rings (SSSR count). The third kappa shape index (κ3) is 5.82. The molecule has 2 N–H and O–H groups in total. The van der Waals surface area contributed by atoms with Gasteiger partial charge in [0.2, 0.25) is 0 Å². The van der Waals surface area contributed by atoms with Gasteiger partial charge in [-0.25, -0.2) is 8.78 Å². The number of carbonyl (C=O) groups is 3. The first kappa shape index (κ1) is 19.3. The fraction of sp³-hybridized carbons (Fsp3) is 0.118. The van der Waals surface area contributed by atoms with Crippen molar-refractivity contribution in [3.63, 3.8) is 0 Å². The van der Waals surface area contributed by atoms with Crippen LogP contribution in [0.1, 0.15) is 10.4 Å². The van der Waals surface area contributed by atoms with Crippen LogP contribution in [-0.4, -0.2) is 30.9 Å². The molecule has 0 aliphatic carbocycles. The normalized spacial score (nSPS) is 10.1. The molecule has 6 nitrogen and oxygen atoms in total. The second-order valence-corrected chi connectivity index (χ2v) is 5.43. The van der Waals surface area contributed by atoms with Gasteiger partial charge in [-0.1, -0.05) is 11.6 Å². The molecule has 0 aliphatic rings. The maximum absolute atomic E-state index is 12.9. The number of amides is 2. The minimum Gasteiger partial charge on any atom is -0.454 e. The summed E-state index contributed by atoms with van der Waals surface area (Å²) in [5.74, 6) is -3.17. The molecular weight excluding hydrogens is 370 g/mol. The number of hydrogen-bond acceptors (Lipinski definition) is 4. The van der Waals surface area contributed by atoms with Crippen molar-refractivity contribution in [1.29, 1.82) is 0 Å². The summed E-state index contributed by atoms with van der Waals surface area (Å²) in [6.07, 6.45) is 0. The van der Waals surface area contributed by atoms with E-state index in [1.165, 1.54) is 18.2 Å². The van der Waals surface area contributed by atoms with E-state index in [2.05, 4.69) is 10.6 Å². The van der Waals surface area contributed by atoms with Crippen LogP contribution in [0.15, 0.2) is 42.5 Å². The van der Waals surface area contributed by atoms with E-state index in [1.807, 2.05) is 0 Å². The van der Waals surface area contributed by atoms with Crippen molar-refractivity contribution in [2.75, 3.05) is 18.5 Å². The molecule has 26 heavy (non-hydrogen) atoms. The first-order valence-electron chi connectivity index (χ1n) is 7.29. The summed E-state index contributed by atoms with van der Waals surface area (Å²) in [6, 6.07) is 8.13. The van der Waals surface area contributed by atoms with Gasteiger partial charge in [0.15, 0.2) is 6.61 Å². The Kier molecular flexibility index (Phi) is 6.62. The van der Waals surface area contributed by atoms with Crippen molar-refractivity contribution in [1.82, 2.24) is 5.32 Å². The molecule has 0 unspecified atom stereocenters. The Morgan fingerprint density at radius 3 is 2.31 bits per heavy atom. The molecule has 0 radical (unpaired) electrons. The predicted octanol–water partition coefficient (Wildman–Crippen LogP) is 2.53. The van der Waals surface area contributed by atoms with Crippen molar-refractivity contribution in [2.45, 2.75) is 0 Å². The zero-order valence-corrected chi connectivity index (χ0v) is 14.0. The van der Waals surface area contributed by atoms with E-state index < -0.39 is 42.6 Å². The van der Waals surface area contributed by atoms with E-state index in [0.29, 0.717) is 0 Å². The maximum atomic E-state index is 12.9. The molecule has 0 heterocycles. The van der Waals surface area contributed by atoms with E-state index in [0.717, 1.165) is 24.3 Å². The van der Waals surface area contributed by atoms with Gasteiger partial charge in [0, 0.05) is 5.56 Å². The molecule has 0 saturated carbocycles. The lowest BCUT2D eigenvalue weighted by molar-refractivity contribution is -0.146. The summed E-state index contributed by atoms with van der Waals surface area (Å²) in [7, 11) is 0. The Morgan fingerprint density at radius 2 is 1.65 bits per heavy atom. The third-order valence-corrected chi connectivity index (χ3v) is 3.38. The predicted molar refractivity (Wildman–Crippen MR) is 89.7 cm³/mol. The first-order chi connectivity index (χ1) is 12.3. The van der Waals surface area contributed by atoms with Gasteiger partial charge in [-0.3, -0.25) is 14.4 Å². The Balaban J connectivity index is 1.74. The van der Waals surface area contributed by atoms with E-state index in [4.69, 9.17) is 16.3 Å². The number of rotatable bonds is 6. The van der Waals surface area contributed by atoms with Crippen LogP contribution in [0.5, 0.6) is 0 Å². The summed E-state index contributed by atoms with van der Waals surface area (Å²) in [5.41, 5.74) is 0.335. The van der Waals surface area contributed by atoms with Gasteiger partial charge >= 0.3 is 5.97 Å². The Morgan fingerprint density at radius 1 is 1.00 bits per heavy atom. The van der Waals surface area contributed by atoms with Crippen LogP contribution >= 0.6 is 11.6 Å². The zero-order valence-electron chi connectivity index (χ0n) is 13.2. The molecule has 0 bridgehead atoms. The van der Waals surface area contributed by atoms with Gasteiger partial charge in [0.05, 0.1) is 10.7 Å². The lowest BCUT2D eigenvalue weighted by Gasteiger charge is -2.09. The molecule has 2 aromatic rings. The second kappa shape index (κ2) is 8.91. The molecule has 2 aromatic carbocycles. The molecule has 0 saturated heterocycles. The highest BCUT2D eigenvalue weighted by Gasteiger charge is 2.12. The fourth-order valence-electron chi connectivity index (χ4n) is 1.83. The molecule has 2 amide bonds. The van der Waals surface area contributed by atoms with E-state index in [9.17, 15) is 23.2 Å². The van der Waals surface area contributed by atoms with E-state index in [1.54, 1.807) is 0 Å². The molecule has 9 heteroatoms. The van der Waals surface area contributed by atoms with E-state index >= 15 is 0 Å². The highest BCUT2D eigenvalue weighted by molar-refractivity contribution is 6.33. The molecule has 136 valence electrons. The topological polar surface area (TPSA) is 84.5 Å². The van der Waals surface area contributed by atoms with Gasteiger partial charge in [-0.2, -0.15) is 0 Å². The first-order valence-corrected chi connectivity index (χ1v) is 7.67. The molecule has 0 fully saturated rings. The maximum Gasteiger partial charge on any atom is 0.325 e. The van der Waals surface area contributed by atoms with Crippen LogP contribution in [0.3, 0.4) is 0 Å². The number of hydrogen-bond donors (Lipinski definition) is 2. The summed E-state index contributed by atoms with van der Waals surface area (Å²) >= 11 is 5.76. The average Bonchev–Trinajstić information content (AvgIpc) is 2.61. The zero-order chi connectivity index (χ0) is 19.1. The lowest BCUT2D eigenvalue weighted by atomic mass is 10.2. The summed E-state index contributed by atoms with van der Waals surface area (Å²) in [5, 5.41) is 4.62. The van der Waals surface area contributed by atoms with Gasteiger partial charge in [-0.05, 0) is 42.5 Å². The van der Waals surface area contributed by atoms with Gasteiger partial charge in [0.1, 0.15) is 18.2 Å². The van der Waals surface area contributed by atoms with Crippen molar-refractivity contribution in [3.8, 4) is 0 Å². The highest BCUT2D eigenvalue weighted by atomic mass is 35.5. The van der Waals surface area contributed by atoms with Crippen LogP contribution in [0.25, 0.3) is 0 Å². The van der Waals surface area contributed by atoms with Crippen molar-refractivity contribution >= 4 is 35.1 Å². The average molecular weight is 383 g/mol. The lowest BCUT2D eigenvalue weighted by Crippen LogP contribution is -2.32. The summed E-state index contributed by atoms with van der Waals surface area (Å²) in [4.78, 5) is 35.0. The number of benzene rings is 2. The van der Waals surface area contributed by atoms with Gasteiger partial charge < -0.3 is 15.4 Å². The van der Waals surface area contributed by atoms with Gasteiger partial charge in [0.25, 0.3) is 11.8 Å². The summed E-state index contributed by atoms with van der Waals surface area (Å²) in [6.45, 7) is -1.08. The number of carbonyl (C=O) groups excluding carboxylic acids is 3. The van der Waals surface area contributed by atoms with Crippen LogP contribution in [-0.2, 0) is 14.3 Å². The molecule has 0 aromatic heterocycles. The van der Waals surface area contributed by atoms with Crippen molar-refractivity contribution < 1.29 is 27.9 Å². The van der Waals surface area contributed by atoms with E-state index in [-0.39, 0.29) is 16.3 Å². The largest absolute Gasteiger partial charge is 0.454 e. The number of esters is 1. The van der Waals surface area contributed by atoms with Crippen LogP contribution in [0, 0.1) is 11.6 Å². The molecule has 0 atom stereocenters. The summed E-state index contributed by atoms with van der Waals surface area (Å²) < 4.78 is 30.4. The quantitative estimate of drug-likeness (QED) is 0.752. The Hall–Kier alpha value is -3.00. The standard InChI is InChI=1S/C17H13ClF2N2O4/c18-13-7-12(20)5-6-14(13)22-15(23)9-26-16(24)8-21-17(25)10-1-3-11(19)4-2-10/h1-7H,8-9H2,(H,21,25)(H,22,23). The van der Waals surface area contributed by atoms with Crippen LogP contribution in [0.2, 0.25) is 5.02 Å². The fourth-order valence-corrected chi connectivity index (χ4v) is 2.04. The number of anilines is 1. The minimum atomic E-state index is -0.846. The molecule has 0 aliphatic heterocycles. The Bertz CT molecular complexity index is 828. The van der Waals surface area contributed by atoms with Crippen molar-refractivity contribution in [2.24, 2.45) is 0 Å². The molecule has 0 spiro atoms.